The van der Waals surface area contributed by atoms with Crippen molar-refractivity contribution >= 4 is 0 Å². The van der Waals surface area contributed by atoms with Gasteiger partial charge in [0.05, 0.1) is 0 Å². The average Bonchev–Trinajstić information content (AvgIpc) is 2.05. The molecule has 0 fully saturated rings. The van der Waals surface area contributed by atoms with Crippen LogP contribution in [0.4, 0.5) is 0 Å². The molecule has 0 spiro atoms. The summed E-state index contributed by atoms with van der Waals surface area (Å²) in [5.41, 5.74) is 4.14. The number of rotatable bonds is 0. The molecule has 0 nitrogen and oxygen atoms in total. The lowest BCUT2D eigenvalue weighted by molar-refractivity contribution is 0.285. The fourth-order valence-corrected chi connectivity index (χ4v) is 3.23. The maximum Gasteiger partial charge on any atom is -0.0167 e. The van der Waals surface area contributed by atoms with Crippen molar-refractivity contribution in [2.75, 3.05) is 0 Å². The zero-order valence-corrected chi connectivity index (χ0v) is 12.6. The van der Waals surface area contributed by atoms with E-state index in [0.29, 0.717) is 10.8 Å². The monoisotopic (exact) mass is 222 g/mol. The smallest absolute Gasteiger partial charge is 0.0167 e. The molecule has 0 radical (unpaired) electrons. The van der Waals surface area contributed by atoms with Crippen molar-refractivity contribution in [1.29, 1.82) is 0 Å². The van der Waals surface area contributed by atoms with E-state index < -0.39 is 0 Å². The molecule has 1 aliphatic rings. The van der Waals surface area contributed by atoms with Gasteiger partial charge in [0, 0.05) is 0 Å². The van der Waals surface area contributed by atoms with Crippen LogP contribution in [0.15, 0.2) is 11.1 Å². The quantitative estimate of drug-likeness (QED) is 0.479. The molecule has 1 aliphatic carbocycles. The van der Waals surface area contributed by atoms with Gasteiger partial charge >= 0.3 is 0 Å². The van der Waals surface area contributed by atoms with E-state index in [0.717, 1.165) is 11.8 Å². The van der Waals surface area contributed by atoms with Crippen molar-refractivity contribution < 1.29 is 0 Å². The van der Waals surface area contributed by atoms with E-state index in [1.807, 2.05) is 0 Å². The van der Waals surface area contributed by atoms with Gasteiger partial charge in [0.25, 0.3) is 0 Å². The molecule has 94 valence electrons. The van der Waals surface area contributed by atoms with Gasteiger partial charge in [-0.25, -0.2) is 0 Å². The van der Waals surface area contributed by atoms with Crippen LogP contribution in [0.5, 0.6) is 0 Å². The van der Waals surface area contributed by atoms with Gasteiger partial charge in [-0.1, -0.05) is 66.5 Å². The molecule has 0 amide bonds. The largest absolute Gasteiger partial charge is 0.0648 e. The predicted octanol–water partition coefficient (Wildman–Crippen LogP) is 5.44. The highest BCUT2D eigenvalue weighted by molar-refractivity contribution is 5.29. The molecule has 0 heteroatoms. The van der Waals surface area contributed by atoms with E-state index in [1.54, 1.807) is 11.1 Å². The van der Waals surface area contributed by atoms with Gasteiger partial charge in [0.15, 0.2) is 0 Å². The summed E-state index contributed by atoms with van der Waals surface area (Å²) in [7, 11) is 0. The molecule has 0 aliphatic heterocycles. The first-order chi connectivity index (χ1) is 7.05. The second-order valence-electron chi connectivity index (χ2n) is 7.70. The minimum atomic E-state index is 0.330. The Bertz CT molecular complexity index is 280. The second-order valence-corrected chi connectivity index (χ2v) is 7.70. The zero-order valence-electron chi connectivity index (χ0n) is 12.6. The number of hydrogen-bond donors (Lipinski definition) is 0. The van der Waals surface area contributed by atoms with Crippen LogP contribution < -0.4 is 0 Å². The predicted molar refractivity (Wildman–Crippen MR) is 73.5 cm³/mol. The first kappa shape index (κ1) is 13.8. The van der Waals surface area contributed by atoms with E-state index >= 15 is 0 Å². The molecular weight excluding hydrogens is 192 g/mol. The SMILES string of the molecule is CC1CCC(C(C)(C)C)=C(C(C)(C)C)C1C. The molecule has 0 saturated carbocycles. The molecule has 0 saturated heterocycles. The summed E-state index contributed by atoms with van der Waals surface area (Å²) in [4.78, 5) is 0. The fourth-order valence-electron chi connectivity index (χ4n) is 3.23. The maximum atomic E-state index is 2.43. The van der Waals surface area contributed by atoms with Crippen molar-refractivity contribution in [3.05, 3.63) is 11.1 Å². The molecule has 0 aromatic heterocycles. The van der Waals surface area contributed by atoms with Crippen LogP contribution in [0.2, 0.25) is 0 Å². The van der Waals surface area contributed by atoms with Crippen molar-refractivity contribution in [2.45, 2.75) is 68.2 Å². The van der Waals surface area contributed by atoms with Gasteiger partial charge in [-0.05, 0) is 35.5 Å². The summed E-state index contributed by atoms with van der Waals surface area (Å²) in [6.45, 7) is 19.1. The van der Waals surface area contributed by atoms with Crippen LogP contribution >= 0.6 is 0 Å². The van der Waals surface area contributed by atoms with Crippen LogP contribution in [0.3, 0.4) is 0 Å². The van der Waals surface area contributed by atoms with Gasteiger partial charge in [0.1, 0.15) is 0 Å². The van der Waals surface area contributed by atoms with Crippen LogP contribution in [0.1, 0.15) is 68.2 Å². The Hall–Kier alpha value is -0.260. The molecule has 0 heterocycles. The molecule has 0 N–H and O–H groups in total. The summed E-state index contributed by atoms with van der Waals surface area (Å²) >= 11 is 0. The van der Waals surface area contributed by atoms with Crippen molar-refractivity contribution in [3.8, 4) is 0 Å². The molecule has 16 heavy (non-hydrogen) atoms. The Morgan fingerprint density at radius 3 is 1.75 bits per heavy atom. The van der Waals surface area contributed by atoms with E-state index in [-0.39, 0.29) is 0 Å². The third kappa shape index (κ3) is 2.70. The van der Waals surface area contributed by atoms with Gasteiger partial charge in [0.2, 0.25) is 0 Å². The standard InChI is InChI=1S/C16H30/c1-11-9-10-13(15(3,4)5)14(12(11)2)16(6,7)8/h11-12H,9-10H2,1-8H3. The molecule has 0 aromatic carbocycles. The molecule has 1 rings (SSSR count). The van der Waals surface area contributed by atoms with Crippen LogP contribution in [0.25, 0.3) is 0 Å². The highest BCUT2D eigenvalue weighted by Crippen LogP contribution is 2.48. The zero-order chi connectivity index (χ0) is 12.7. The minimum Gasteiger partial charge on any atom is -0.0648 e. The van der Waals surface area contributed by atoms with Crippen molar-refractivity contribution in [2.24, 2.45) is 22.7 Å². The van der Waals surface area contributed by atoms with Gasteiger partial charge in [-0.3, -0.25) is 0 Å². The van der Waals surface area contributed by atoms with Crippen molar-refractivity contribution in [3.63, 3.8) is 0 Å². The average molecular weight is 222 g/mol. The number of hydrogen-bond acceptors (Lipinski definition) is 0. The highest BCUT2D eigenvalue weighted by atomic mass is 14.4. The van der Waals surface area contributed by atoms with Crippen LogP contribution in [-0.2, 0) is 0 Å². The lowest BCUT2D eigenvalue weighted by Crippen LogP contribution is -2.30. The normalized spacial score (nSPS) is 28.5. The molecule has 0 bridgehead atoms. The Labute approximate surface area is 103 Å². The fraction of sp³-hybridized carbons (Fsp3) is 0.875. The molecule has 0 aromatic rings. The Morgan fingerprint density at radius 1 is 0.875 bits per heavy atom. The molecular formula is C16H30. The lowest BCUT2D eigenvalue weighted by atomic mass is 9.63. The Balaban J connectivity index is 3.29. The van der Waals surface area contributed by atoms with E-state index in [9.17, 15) is 0 Å². The highest BCUT2D eigenvalue weighted by Gasteiger charge is 2.35. The third-order valence-electron chi connectivity index (χ3n) is 4.20. The summed E-state index contributed by atoms with van der Waals surface area (Å²) in [5, 5.41) is 0. The third-order valence-corrected chi connectivity index (χ3v) is 4.20. The van der Waals surface area contributed by atoms with E-state index in [4.69, 9.17) is 0 Å². The van der Waals surface area contributed by atoms with Gasteiger partial charge < -0.3 is 0 Å². The second kappa shape index (κ2) is 4.20. The Kier molecular flexibility index (Phi) is 3.62. The van der Waals surface area contributed by atoms with Gasteiger partial charge in [-0.2, -0.15) is 0 Å². The first-order valence-electron chi connectivity index (χ1n) is 6.79. The first-order valence-corrected chi connectivity index (χ1v) is 6.79. The topological polar surface area (TPSA) is 0 Å². The summed E-state index contributed by atoms with van der Waals surface area (Å²) in [5.74, 6) is 1.60. The van der Waals surface area contributed by atoms with Gasteiger partial charge in [-0.15, -0.1) is 0 Å². The lowest BCUT2D eigenvalue weighted by Gasteiger charge is -2.42. The maximum absolute atomic E-state index is 2.43. The van der Waals surface area contributed by atoms with E-state index in [2.05, 4.69) is 55.4 Å². The summed E-state index contributed by atoms with van der Waals surface area (Å²) < 4.78 is 0. The Morgan fingerprint density at radius 2 is 1.38 bits per heavy atom. The molecule has 2 unspecified atom stereocenters. The minimum absolute atomic E-state index is 0.330. The number of allylic oxidation sites excluding steroid dienone is 2. The molecule has 2 atom stereocenters. The summed E-state index contributed by atoms with van der Waals surface area (Å²) in [6.07, 6.45) is 2.68. The van der Waals surface area contributed by atoms with Crippen molar-refractivity contribution in [1.82, 2.24) is 0 Å². The summed E-state index contributed by atoms with van der Waals surface area (Å²) in [6, 6.07) is 0. The van der Waals surface area contributed by atoms with E-state index in [1.165, 1.54) is 12.8 Å². The van der Waals surface area contributed by atoms with Crippen LogP contribution in [0, 0.1) is 22.7 Å². The van der Waals surface area contributed by atoms with Crippen LogP contribution in [-0.4, -0.2) is 0 Å².